The highest BCUT2D eigenvalue weighted by molar-refractivity contribution is 6.01. The van der Waals surface area contributed by atoms with Crippen molar-refractivity contribution < 1.29 is 4.79 Å². The summed E-state index contributed by atoms with van der Waals surface area (Å²) in [4.78, 5) is 17.1. The summed E-state index contributed by atoms with van der Waals surface area (Å²) in [6.07, 6.45) is 7.21. The van der Waals surface area contributed by atoms with Crippen molar-refractivity contribution >= 4 is 5.91 Å². The van der Waals surface area contributed by atoms with Crippen LogP contribution in [0.25, 0.3) is 11.1 Å². The molecule has 0 fully saturated rings. The maximum Gasteiger partial charge on any atom is 0.252 e. The van der Waals surface area contributed by atoms with Crippen molar-refractivity contribution in [1.29, 1.82) is 0 Å². The van der Waals surface area contributed by atoms with Crippen LogP contribution in [0.2, 0.25) is 0 Å². The van der Waals surface area contributed by atoms with E-state index in [2.05, 4.69) is 39.7 Å². The zero-order valence-corrected chi connectivity index (χ0v) is 16.2. The lowest BCUT2D eigenvalue weighted by atomic mass is 9.97. The smallest absolute Gasteiger partial charge is 0.252 e. The van der Waals surface area contributed by atoms with E-state index < -0.39 is 0 Å². The molecule has 0 aliphatic carbocycles. The minimum atomic E-state index is -0.124. The highest BCUT2D eigenvalue weighted by Crippen LogP contribution is 2.25. The van der Waals surface area contributed by atoms with Gasteiger partial charge in [0.1, 0.15) is 0 Å². The molecule has 5 nitrogen and oxygen atoms in total. The number of nitrogens with zero attached hydrogens (tertiary/aromatic N) is 3. The van der Waals surface area contributed by atoms with Gasteiger partial charge in [-0.2, -0.15) is 5.10 Å². The van der Waals surface area contributed by atoms with Gasteiger partial charge in [-0.1, -0.05) is 48.5 Å². The third-order valence-electron chi connectivity index (χ3n) is 4.87. The summed E-state index contributed by atoms with van der Waals surface area (Å²) in [5.41, 5.74) is 4.71. The third kappa shape index (κ3) is 4.41. The summed E-state index contributed by atoms with van der Waals surface area (Å²) in [5, 5.41) is 7.31. The average Bonchev–Trinajstić information content (AvgIpc) is 3.28. The van der Waals surface area contributed by atoms with Crippen LogP contribution in [-0.4, -0.2) is 20.7 Å². The van der Waals surface area contributed by atoms with Crippen molar-refractivity contribution in [3.05, 3.63) is 108 Å². The number of rotatable bonds is 6. The molecule has 4 aromatic rings. The number of carbonyl (C=O) groups excluding carboxylic acids is 1. The Kier molecular flexibility index (Phi) is 5.47. The molecule has 1 amide bonds. The molecular weight excluding hydrogens is 360 g/mol. The van der Waals surface area contributed by atoms with Gasteiger partial charge in [-0.05, 0) is 47.4 Å². The van der Waals surface area contributed by atoms with E-state index >= 15 is 0 Å². The molecule has 2 aromatic heterocycles. The largest absolute Gasteiger partial charge is 0.345 e. The van der Waals surface area contributed by atoms with Crippen LogP contribution in [0.3, 0.4) is 0 Å². The normalized spacial score (nSPS) is 11.8. The Balaban J connectivity index is 1.54. The van der Waals surface area contributed by atoms with E-state index in [-0.39, 0.29) is 11.9 Å². The predicted octanol–water partition coefficient (Wildman–Crippen LogP) is 4.48. The standard InChI is InChI=1S/C24H22N4O/c1-18(21-6-4-13-25-16-21)27-24(29)23-8-3-2-7-22(23)20-11-9-19(10-12-20)17-28-15-5-14-26-28/h2-16,18H,17H2,1H3,(H,27,29). The van der Waals surface area contributed by atoms with Crippen LogP contribution in [0.1, 0.15) is 34.5 Å². The van der Waals surface area contributed by atoms with E-state index in [9.17, 15) is 4.79 Å². The minimum Gasteiger partial charge on any atom is -0.345 e. The molecule has 2 heterocycles. The van der Waals surface area contributed by atoms with Crippen LogP contribution >= 0.6 is 0 Å². The lowest BCUT2D eigenvalue weighted by molar-refractivity contribution is 0.0940. The van der Waals surface area contributed by atoms with Gasteiger partial charge in [-0.15, -0.1) is 0 Å². The molecule has 0 aliphatic rings. The Bertz CT molecular complexity index is 1070. The number of hydrogen-bond acceptors (Lipinski definition) is 3. The summed E-state index contributed by atoms with van der Waals surface area (Å²) in [6.45, 7) is 2.68. The molecule has 1 N–H and O–H groups in total. The van der Waals surface area contributed by atoms with Crippen molar-refractivity contribution in [2.75, 3.05) is 0 Å². The predicted molar refractivity (Wildman–Crippen MR) is 113 cm³/mol. The quantitative estimate of drug-likeness (QED) is 0.535. The molecule has 0 saturated heterocycles. The fraction of sp³-hybridized carbons (Fsp3) is 0.125. The summed E-state index contributed by atoms with van der Waals surface area (Å²) in [5.74, 6) is -0.0995. The monoisotopic (exact) mass is 382 g/mol. The Morgan fingerprint density at radius 1 is 1.00 bits per heavy atom. The summed E-state index contributed by atoms with van der Waals surface area (Å²) >= 11 is 0. The highest BCUT2D eigenvalue weighted by Gasteiger charge is 2.15. The second-order valence-electron chi connectivity index (χ2n) is 6.93. The van der Waals surface area contributed by atoms with Crippen LogP contribution in [0.4, 0.5) is 0 Å². The zero-order valence-electron chi connectivity index (χ0n) is 16.2. The van der Waals surface area contributed by atoms with Crippen molar-refractivity contribution in [2.24, 2.45) is 0 Å². The maximum atomic E-state index is 13.0. The van der Waals surface area contributed by atoms with E-state index in [4.69, 9.17) is 0 Å². The molecular formula is C24H22N4O. The Labute approximate surface area is 170 Å². The second-order valence-corrected chi connectivity index (χ2v) is 6.93. The first-order chi connectivity index (χ1) is 14.2. The first-order valence-corrected chi connectivity index (χ1v) is 9.57. The summed E-state index contributed by atoms with van der Waals surface area (Å²) in [7, 11) is 0. The van der Waals surface area contributed by atoms with Crippen LogP contribution < -0.4 is 5.32 Å². The van der Waals surface area contributed by atoms with E-state index in [0.717, 1.165) is 28.8 Å². The van der Waals surface area contributed by atoms with Crippen LogP contribution in [0.5, 0.6) is 0 Å². The van der Waals surface area contributed by atoms with Crippen LogP contribution in [0, 0.1) is 0 Å². The van der Waals surface area contributed by atoms with E-state index in [1.54, 1.807) is 18.6 Å². The number of hydrogen-bond donors (Lipinski definition) is 1. The first-order valence-electron chi connectivity index (χ1n) is 9.57. The minimum absolute atomic E-state index is 0.0995. The number of nitrogens with one attached hydrogen (secondary N) is 1. The second kappa shape index (κ2) is 8.52. The fourth-order valence-corrected chi connectivity index (χ4v) is 3.29. The number of pyridine rings is 1. The summed E-state index contributed by atoms with van der Waals surface area (Å²) in [6, 6.07) is 21.5. The Morgan fingerprint density at radius 2 is 1.83 bits per heavy atom. The van der Waals surface area contributed by atoms with Gasteiger partial charge in [0, 0.05) is 30.4 Å². The van der Waals surface area contributed by atoms with Crippen LogP contribution in [-0.2, 0) is 6.54 Å². The molecule has 5 heteroatoms. The Morgan fingerprint density at radius 3 is 2.55 bits per heavy atom. The van der Waals surface area contributed by atoms with Crippen molar-refractivity contribution in [3.8, 4) is 11.1 Å². The van der Waals surface area contributed by atoms with E-state index in [1.807, 2.05) is 60.3 Å². The van der Waals surface area contributed by atoms with E-state index in [0.29, 0.717) is 5.56 Å². The fourth-order valence-electron chi connectivity index (χ4n) is 3.29. The lowest BCUT2D eigenvalue weighted by Crippen LogP contribution is -2.27. The highest BCUT2D eigenvalue weighted by atomic mass is 16.1. The SMILES string of the molecule is CC(NC(=O)c1ccccc1-c1ccc(Cn2cccn2)cc1)c1cccnc1. The maximum absolute atomic E-state index is 13.0. The number of carbonyl (C=O) groups is 1. The van der Waals surface area contributed by atoms with Crippen molar-refractivity contribution in [1.82, 2.24) is 20.1 Å². The average molecular weight is 382 g/mol. The zero-order chi connectivity index (χ0) is 20.1. The van der Waals surface area contributed by atoms with Gasteiger partial charge >= 0.3 is 0 Å². The van der Waals surface area contributed by atoms with Gasteiger partial charge in [0.05, 0.1) is 12.6 Å². The molecule has 0 aliphatic heterocycles. The number of amides is 1. The molecule has 4 rings (SSSR count). The van der Waals surface area contributed by atoms with Crippen LogP contribution in [0.15, 0.2) is 91.5 Å². The molecule has 0 saturated carbocycles. The van der Waals surface area contributed by atoms with E-state index in [1.165, 1.54) is 0 Å². The molecule has 0 spiro atoms. The third-order valence-corrected chi connectivity index (χ3v) is 4.87. The molecule has 29 heavy (non-hydrogen) atoms. The molecule has 0 bridgehead atoms. The molecule has 144 valence electrons. The lowest BCUT2D eigenvalue weighted by Gasteiger charge is -2.16. The molecule has 1 atom stereocenters. The summed E-state index contributed by atoms with van der Waals surface area (Å²) < 4.78 is 1.89. The van der Waals surface area contributed by atoms with Gasteiger partial charge in [-0.3, -0.25) is 14.5 Å². The van der Waals surface area contributed by atoms with Crippen molar-refractivity contribution in [3.63, 3.8) is 0 Å². The van der Waals surface area contributed by atoms with Gasteiger partial charge < -0.3 is 5.32 Å². The topological polar surface area (TPSA) is 59.8 Å². The molecule has 2 aromatic carbocycles. The number of benzene rings is 2. The van der Waals surface area contributed by atoms with Gasteiger partial charge in [0.25, 0.3) is 5.91 Å². The number of aromatic nitrogens is 3. The Hall–Kier alpha value is -3.73. The van der Waals surface area contributed by atoms with Gasteiger partial charge in [0.15, 0.2) is 0 Å². The first kappa shape index (κ1) is 18.6. The van der Waals surface area contributed by atoms with Crippen molar-refractivity contribution in [2.45, 2.75) is 19.5 Å². The molecule has 0 radical (unpaired) electrons. The van der Waals surface area contributed by atoms with Gasteiger partial charge in [0.2, 0.25) is 0 Å². The van der Waals surface area contributed by atoms with Gasteiger partial charge in [-0.25, -0.2) is 0 Å². The molecule has 1 unspecified atom stereocenters.